The third-order valence-corrected chi connectivity index (χ3v) is 3.74. The summed E-state index contributed by atoms with van der Waals surface area (Å²) in [5.41, 5.74) is 3.81. The van der Waals surface area contributed by atoms with Crippen molar-refractivity contribution in [3.63, 3.8) is 0 Å². The number of fused-ring (bicyclic) bond motifs is 1. The molecule has 21 heavy (non-hydrogen) atoms. The number of carbonyl (C=O) groups excluding carboxylic acids is 1. The van der Waals surface area contributed by atoms with Crippen LogP contribution in [0.2, 0.25) is 0 Å². The van der Waals surface area contributed by atoms with E-state index in [0.29, 0.717) is 17.4 Å². The van der Waals surface area contributed by atoms with Gasteiger partial charge in [-0.2, -0.15) is 0 Å². The fourth-order valence-corrected chi connectivity index (χ4v) is 2.42. The molecule has 1 saturated carbocycles. The summed E-state index contributed by atoms with van der Waals surface area (Å²) in [7, 11) is 0. The van der Waals surface area contributed by atoms with Crippen LogP contribution in [-0.4, -0.2) is 20.3 Å². The van der Waals surface area contributed by atoms with Gasteiger partial charge in [-0.3, -0.25) is 4.40 Å². The highest BCUT2D eigenvalue weighted by molar-refractivity contribution is 5.82. The van der Waals surface area contributed by atoms with Crippen molar-refractivity contribution >= 4 is 11.7 Å². The van der Waals surface area contributed by atoms with Crippen molar-refractivity contribution in [3.8, 4) is 0 Å². The molecule has 0 aromatic carbocycles. The average molecular weight is 285 g/mol. The summed E-state index contributed by atoms with van der Waals surface area (Å²) >= 11 is 0. The third-order valence-electron chi connectivity index (χ3n) is 3.74. The zero-order valence-electron chi connectivity index (χ0n) is 12.6. The minimum absolute atomic E-state index is 0.176. The lowest BCUT2D eigenvalue weighted by Crippen LogP contribution is -2.02. The molecule has 0 spiro atoms. The average Bonchev–Trinajstić information content (AvgIpc) is 3.17. The molecule has 1 aliphatic rings. The maximum absolute atomic E-state index is 11.7. The molecule has 0 N–H and O–H groups in total. The van der Waals surface area contributed by atoms with Crippen molar-refractivity contribution in [1.29, 1.82) is 0 Å². The molecule has 1 fully saturated rings. The van der Waals surface area contributed by atoms with Gasteiger partial charge in [-0.25, -0.2) is 14.8 Å². The van der Waals surface area contributed by atoms with E-state index in [9.17, 15) is 4.79 Å². The van der Waals surface area contributed by atoms with Crippen LogP contribution in [0.4, 0.5) is 0 Å². The number of ether oxygens (including phenoxy) is 1. The van der Waals surface area contributed by atoms with E-state index in [1.807, 2.05) is 37.4 Å². The molecule has 5 nitrogen and oxygen atoms in total. The van der Waals surface area contributed by atoms with Crippen LogP contribution in [0.3, 0.4) is 0 Å². The second-order valence-electron chi connectivity index (χ2n) is 5.71. The number of hydrogen-bond acceptors (Lipinski definition) is 4. The third kappa shape index (κ3) is 3.12. The van der Waals surface area contributed by atoms with Crippen molar-refractivity contribution in [2.24, 2.45) is 5.92 Å². The number of aromatic nitrogens is 3. The van der Waals surface area contributed by atoms with Crippen LogP contribution in [0.1, 0.15) is 36.8 Å². The summed E-state index contributed by atoms with van der Waals surface area (Å²) < 4.78 is 7.16. The number of nitrogens with zero attached hydrogens (tertiary/aromatic N) is 3. The van der Waals surface area contributed by atoms with Gasteiger partial charge in [-0.15, -0.1) is 0 Å². The normalized spacial score (nSPS) is 15.5. The molecule has 1 aliphatic carbocycles. The van der Waals surface area contributed by atoms with Crippen LogP contribution in [0.25, 0.3) is 5.78 Å². The molecule has 2 aromatic heterocycles. The predicted octanol–water partition coefficient (Wildman–Crippen LogP) is 2.75. The number of esters is 1. The summed E-state index contributed by atoms with van der Waals surface area (Å²) in [5, 5.41) is 0. The van der Waals surface area contributed by atoms with E-state index in [4.69, 9.17) is 4.74 Å². The van der Waals surface area contributed by atoms with Gasteiger partial charge >= 0.3 is 5.97 Å². The number of imidazole rings is 1. The molecular weight excluding hydrogens is 266 g/mol. The van der Waals surface area contributed by atoms with E-state index >= 15 is 0 Å². The molecule has 0 aliphatic heterocycles. The van der Waals surface area contributed by atoms with Gasteiger partial charge in [0.2, 0.25) is 5.78 Å². The second kappa shape index (κ2) is 5.31. The second-order valence-corrected chi connectivity index (χ2v) is 5.71. The summed E-state index contributed by atoms with van der Waals surface area (Å²) in [4.78, 5) is 20.5. The van der Waals surface area contributed by atoms with Gasteiger partial charge in [0.1, 0.15) is 6.61 Å². The van der Waals surface area contributed by atoms with Crippen LogP contribution in [-0.2, 0) is 16.1 Å². The van der Waals surface area contributed by atoms with E-state index in [1.165, 1.54) is 12.8 Å². The lowest BCUT2D eigenvalue weighted by Gasteiger charge is -2.00. The van der Waals surface area contributed by atoms with E-state index in [0.717, 1.165) is 17.0 Å². The first kappa shape index (κ1) is 13.8. The Bertz CT molecular complexity index is 726. The van der Waals surface area contributed by atoms with Crippen molar-refractivity contribution in [3.05, 3.63) is 41.0 Å². The van der Waals surface area contributed by atoms with Crippen LogP contribution < -0.4 is 0 Å². The number of hydrogen-bond donors (Lipinski definition) is 0. The van der Waals surface area contributed by atoms with Gasteiger partial charge in [0, 0.05) is 23.7 Å². The Balaban J connectivity index is 1.69. The number of rotatable bonds is 4. The van der Waals surface area contributed by atoms with Crippen LogP contribution in [0.15, 0.2) is 23.9 Å². The Hall–Kier alpha value is -2.17. The first-order valence-electron chi connectivity index (χ1n) is 7.20. The van der Waals surface area contributed by atoms with Gasteiger partial charge in [0.05, 0.1) is 5.69 Å². The molecule has 0 unspecified atom stereocenters. The molecule has 2 heterocycles. The topological polar surface area (TPSA) is 56.5 Å². The van der Waals surface area contributed by atoms with Crippen LogP contribution in [0, 0.1) is 19.8 Å². The fourth-order valence-electron chi connectivity index (χ4n) is 2.42. The summed E-state index contributed by atoms with van der Waals surface area (Å²) in [6, 6.07) is 1.99. The van der Waals surface area contributed by atoms with Crippen molar-refractivity contribution in [1.82, 2.24) is 14.4 Å². The van der Waals surface area contributed by atoms with Crippen molar-refractivity contribution in [2.45, 2.75) is 40.2 Å². The Morgan fingerprint density at radius 3 is 2.90 bits per heavy atom. The Morgan fingerprint density at radius 2 is 2.19 bits per heavy atom. The molecule has 0 bridgehead atoms. The van der Waals surface area contributed by atoms with Crippen molar-refractivity contribution < 1.29 is 9.53 Å². The lowest BCUT2D eigenvalue weighted by atomic mass is 10.2. The smallest absolute Gasteiger partial charge is 0.331 e. The maximum atomic E-state index is 11.7. The molecule has 3 rings (SSSR count). The summed E-state index contributed by atoms with van der Waals surface area (Å²) in [6.45, 7) is 6.10. The Morgan fingerprint density at radius 1 is 1.43 bits per heavy atom. The SMILES string of the molecule is C/C(=C\C(=O)OCc1cn2c(C)cc(C)nc2n1)C1CC1. The highest BCUT2D eigenvalue weighted by Gasteiger charge is 2.23. The van der Waals surface area contributed by atoms with E-state index in [-0.39, 0.29) is 12.6 Å². The molecule has 2 aromatic rings. The number of carbonyl (C=O) groups is 1. The maximum Gasteiger partial charge on any atom is 0.331 e. The minimum atomic E-state index is -0.294. The van der Waals surface area contributed by atoms with Gasteiger partial charge in [-0.1, -0.05) is 5.57 Å². The summed E-state index contributed by atoms with van der Waals surface area (Å²) in [5.74, 6) is 0.933. The molecule has 0 amide bonds. The van der Waals surface area contributed by atoms with Gasteiger partial charge in [-0.05, 0) is 45.6 Å². The zero-order valence-corrected chi connectivity index (χ0v) is 12.6. The monoisotopic (exact) mass is 285 g/mol. The predicted molar refractivity (Wildman–Crippen MR) is 78.7 cm³/mol. The molecule has 0 saturated heterocycles. The largest absolute Gasteiger partial charge is 0.456 e. The number of allylic oxidation sites excluding steroid dienone is 1. The standard InChI is InChI=1S/C16H19N3O2/c1-10(13-4-5-13)6-15(20)21-9-14-8-19-12(3)7-11(2)17-16(19)18-14/h6-8,13H,4-5,9H2,1-3H3/b10-6+. The lowest BCUT2D eigenvalue weighted by molar-refractivity contribution is -0.139. The number of aryl methyl sites for hydroxylation is 2. The molecular formula is C16H19N3O2. The highest BCUT2D eigenvalue weighted by Crippen LogP contribution is 2.35. The van der Waals surface area contributed by atoms with Gasteiger partial charge in [0.15, 0.2) is 0 Å². The van der Waals surface area contributed by atoms with Crippen molar-refractivity contribution in [2.75, 3.05) is 0 Å². The van der Waals surface area contributed by atoms with E-state index in [2.05, 4.69) is 9.97 Å². The zero-order chi connectivity index (χ0) is 15.0. The first-order chi connectivity index (χ1) is 10.0. The van der Waals surface area contributed by atoms with E-state index < -0.39 is 0 Å². The Kier molecular flexibility index (Phi) is 3.49. The first-order valence-corrected chi connectivity index (χ1v) is 7.20. The highest BCUT2D eigenvalue weighted by atomic mass is 16.5. The van der Waals surface area contributed by atoms with E-state index in [1.54, 1.807) is 6.08 Å². The quantitative estimate of drug-likeness (QED) is 0.640. The van der Waals surface area contributed by atoms with Crippen LogP contribution >= 0.6 is 0 Å². The van der Waals surface area contributed by atoms with Gasteiger partial charge < -0.3 is 4.74 Å². The molecule has 5 heteroatoms. The minimum Gasteiger partial charge on any atom is -0.456 e. The molecule has 0 atom stereocenters. The molecule has 110 valence electrons. The summed E-state index contributed by atoms with van der Waals surface area (Å²) in [6.07, 6.45) is 5.83. The van der Waals surface area contributed by atoms with Crippen LogP contribution in [0.5, 0.6) is 0 Å². The Labute approximate surface area is 123 Å². The molecule has 0 radical (unpaired) electrons. The fraction of sp³-hybridized carbons (Fsp3) is 0.438. The van der Waals surface area contributed by atoms with Gasteiger partial charge in [0.25, 0.3) is 0 Å².